The zero-order valence-electron chi connectivity index (χ0n) is 29.1. The van der Waals surface area contributed by atoms with E-state index in [2.05, 4.69) is 219 Å². The number of hydrogen-bond acceptors (Lipinski definition) is 0. The van der Waals surface area contributed by atoms with E-state index in [4.69, 9.17) is 0 Å². The van der Waals surface area contributed by atoms with Crippen molar-refractivity contribution in [1.82, 2.24) is 0 Å². The molecule has 0 unspecified atom stereocenters. The van der Waals surface area contributed by atoms with Crippen molar-refractivity contribution in [2.45, 2.75) is 0 Å². The van der Waals surface area contributed by atoms with Crippen LogP contribution in [0.3, 0.4) is 0 Å². The molecule has 0 spiro atoms. The summed E-state index contributed by atoms with van der Waals surface area (Å²) in [4.78, 5) is 0. The van der Waals surface area contributed by atoms with Crippen LogP contribution in [0.15, 0.2) is 182 Å². The fraction of sp³-hybridized carbons (Fsp3) is 0.143. The Balaban J connectivity index is 0.00000118. The molecule has 0 aromatic heterocycles. The minimum absolute atomic E-state index is 0.152. The first-order valence-corrected chi connectivity index (χ1v) is 33.9. The van der Waals surface area contributed by atoms with Gasteiger partial charge >= 0.3 is 117 Å². The third-order valence-electron chi connectivity index (χ3n) is 8.33. The largest absolute Gasteiger partial charge is 0.106 e. The maximum absolute atomic E-state index is 4.58. The van der Waals surface area contributed by atoms with E-state index in [-0.39, 0.29) is 31.7 Å². The van der Waals surface area contributed by atoms with Crippen LogP contribution in [-0.4, -0.2) is 37.0 Å². The number of rotatable bonds is 15. The first kappa shape index (κ1) is 51.3. The topological polar surface area (TPSA) is 0 Å². The van der Waals surface area contributed by atoms with E-state index in [1.165, 1.54) is 68.8 Å². The van der Waals surface area contributed by atoms with Crippen molar-refractivity contribution in [3.8, 4) is 0 Å². The van der Waals surface area contributed by atoms with Gasteiger partial charge in [0.15, 0.2) is 0 Å². The summed E-state index contributed by atoms with van der Waals surface area (Å²) in [6.07, 6.45) is 7.76. The van der Waals surface area contributed by atoms with Crippen LogP contribution in [0.2, 0.25) is 0 Å². The van der Waals surface area contributed by atoms with Crippen LogP contribution in [0.25, 0.3) is 0 Å². The molecule has 0 bridgehead atoms. The molecular formula is C42H42Au4Cl4P4. The normalized spacial score (nSPS) is 10.3. The smallest absolute Gasteiger partial charge is 0.0195 e. The molecule has 0 saturated carbocycles. The van der Waals surface area contributed by atoms with E-state index in [0.717, 1.165) is 0 Å². The van der Waals surface area contributed by atoms with Crippen molar-refractivity contribution in [1.29, 1.82) is 0 Å². The molecule has 0 aliphatic heterocycles. The second-order valence-electron chi connectivity index (χ2n) is 11.3. The molecule has 302 valence electrons. The zero-order chi connectivity index (χ0) is 39.2. The van der Waals surface area contributed by atoms with Crippen LogP contribution in [-0.2, 0) is 79.9 Å². The maximum Gasteiger partial charge on any atom is -0.0195 e. The van der Waals surface area contributed by atoms with Gasteiger partial charge < -0.3 is 0 Å². The van der Waals surface area contributed by atoms with E-state index in [1.54, 1.807) is 79.9 Å². The molecule has 0 aliphatic rings. The predicted octanol–water partition coefficient (Wildman–Crippen LogP) is 11.6. The Hall–Kier alpha value is 1.16. The van der Waals surface area contributed by atoms with Gasteiger partial charge in [-0.3, -0.25) is 0 Å². The minimum atomic E-state index is -0.384. The SMILES string of the molecule is [Cl][Au].[Cl][Au].[Cl][Au].[Cl][Au].c1ccc(P(CCP(CCP(c2ccccc2)c2ccccc2)CCP(c2ccccc2)c2ccccc2)c2ccccc2)cc1. The average molecular weight is 1600 g/mol. The van der Waals surface area contributed by atoms with Gasteiger partial charge in [0.2, 0.25) is 0 Å². The van der Waals surface area contributed by atoms with Gasteiger partial charge in [0.25, 0.3) is 0 Å². The average Bonchev–Trinajstić information content (AvgIpc) is 3.28. The van der Waals surface area contributed by atoms with Crippen LogP contribution >= 0.6 is 68.4 Å². The van der Waals surface area contributed by atoms with Gasteiger partial charge in [-0.25, -0.2) is 0 Å². The Kier molecular flexibility index (Phi) is 32.2. The molecule has 0 heterocycles. The molecule has 6 aromatic rings. The summed E-state index contributed by atoms with van der Waals surface area (Å²) in [5, 5.41) is 9.03. The Morgan fingerprint density at radius 3 is 0.537 bits per heavy atom. The first-order valence-electron chi connectivity index (χ1n) is 16.7. The van der Waals surface area contributed by atoms with Gasteiger partial charge in [0.1, 0.15) is 0 Å². The van der Waals surface area contributed by atoms with Crippen molar-refractivity contribution in [2.75, 3.05) is 37.0 Å². The summed E-state index contributed by atoms with van der Waals surface area (Å²) in [7, 11) is 17.0. The molecule has 12 heteroatoms. The Morgan fingerprint density at radius 1 is 0.241 bits per heavy atom. The molecule has 0 radical (unpaired) electrons. The number of benzene rings is 6. The zero-order valence-corrected chi connectivity index (χ0v) is 44.3. The van der Waals surface area contributed by atoms with Gasteiger partial charge in [0.05, 0.1) is 0 Å². The third kappa shape index (κ3) is 18.6. The van der Waals surface area contributed by atoms with Gasteiger partial charge in [-0.15, -0.1) is 7.92 Å². The summed E-state index contributed by atoms with van der Waals surface area (Å²) < 4.78 is 0. The van der Waals surface area contributed by atoms with Crippen LogP contribution in [0.1, 0.15) is 0 Å². The van der Waals surface area contributed by atoms with Crippen LogP contribution in [0.5, 0.6) is 0 Å². The van der Waals surface area contributed by atoms with E-state index < -0.39 is 0 Å². The van der Waals surface area contributed by atoms with Crippen LogP contribution < -0.4 is 31.8 Å². The number of hydrogen-bond donors (Lipinski definition) is 0. The summed E-state index contributed by atoms with van der Waals surface area (Å²) in [6.45, 7) is 0. The molecule has 6 rings (SSSR count). The van der Waals surface area contributed by atoms with E-state index in [9.17, 15) is 0 Å². The fourth-order valence-corrected chi connectivity index (χ4v) is 18.0. The fourth-order valence-electron chi connectivity index (χ4n) is 5.93. The molecule has 0 saturated heterocycles. The van der Waals surface area contributed by atoms with E-state index in [0.29, 0.717) is 0 Å². The van der Waals surface area contributed by atoms with E-state index >= 15 is 0 Å². The Morgan fingerprint density at radius 2 is 0.389 bits per heavy atom. The Labute approximate surface area is 394 Å². The predicted molar refractivity (Wildman–Crippen MR) is 237 cm³/mol. The van der Waals surface area contributed by atoms with Crippen LogP contribution in [0, 0.1) is 0 Å². The monoisotopic (exact) mass is 1600 g/mol. The van der Waals surface area contributed by atoms with Crippen molar-refractivity contribution < 1.29 is 79.9 Å². The second kappa shape index (κ2) is 33.9. The summed E-state index contributed by atoms with van der Waals surface area (Å²) in [5.74, 6) is 0. The van der Waals surface area contributed by atoms with Gasteiger partial charge in [0, 0.05) is 0 Å². The second-order valence-corrected chi connectivity index (χ2v) is 21.0. The quantitative estimate of drug-likeness (QED) is 0.0710. The molecule has 0 nitrogen and oxygen atoms in total. The molecule has 54 heavy (non-hydrogen) atoms. The number of halogens is 4. The maximum atomic E-state index is 4.58. The van der Waals surface area contributed by atoms with Crippen molar-refractivity contribution in [2.24, 2.45) is 0 Å². The van der Waals surface area contributed by atoms with Gasteiger partial charge in [-0.1, -0.05) is 182 Å². The molecule has 0 fully saturated rings. The molecule has 0 amide bonds. The molecule has 0 atom stereocenters. The van der Waals surface area contributed by atoms with Crippen molar-refractivity contribution in [3.63, 3.8) is 0 Å². The molecule has 0 N–H and O–H groups in total. The minimum Gasteiger partial charge on any atom is -0.106 e. The van der Waals surface area contributed by atoms with Crippen LogP contribution in [0.4, 0.5) is 0 Å². The van der Waals surface area contributed by atoms with E-state index in [1.807, 2.05) is 0 Å². The standard InChI is InChI=1S/C42H42P4.4Au.4ClH/c1-7-19-37(20-8-1)44(38-21-9-2-10-22-38)34-31-43(32-35-45(39-23-11-3-12-24-39)40-25-13-4-14-26-40)33-36-46(41-27-15-5-16-28-41)42-29-17-6-18-30-42;;;;;;;;/h1-30H,31-36H2;;;;;4*1H/q;4*+1;;;;/p-4. The summed E-state index contributed by atoms with van der Waals surface area (Å²) in [6, 6.07) is 67.8. The van der Waals surface area contributed by atoms with Crippen molar-refractivity contribution >= 4 is 100 Å². The molecule has 6 aromatic carbocycles. The summed E-state index contributed by atoms with van der Waals surface area (Å²) >= 11 is 7.00. The third-order valence-corrected chi connectivity index (χ3v) is 19.5. The molecule has 0 aliphatic carbocycles. The Bertz CT molecular complexity index is 1400. The van der Waals surface area contributed by atoms with Gasteiger partial charge in [-0.2, -0.15) is 0 Å². The van der Waals surface area contributed by atoms with Gasteiger partial charge in [-0.05, 0) is 92.6 Å². The molecular weight excluding hydrogens is 1560 g/mol. The van der Waals surface area contributed by atoms with Crippen molar-refractivity contribution in [3.05, 3.63) is 182 Å². The summed E-state index contributed by atoms with van der Waals surface area (Å²) in [5.41, 5.74) is 0. The first-order chi connectivity index (χ1) is 26.8.